The second-order valence-corrected chi connectivity index (χ2v) is 5.52. The molecule has 0 saturated carbocycles. The second-order valence-electron chi connectivity index (χ2n) is 4.46. The molecule has 0 fully saturated rings. The lowest BCUT2D eigenvalue weighted by molar-refractivity contribution is 0.414. The van der Waals surface area contributed by atoms with Crippen LogP contribution in [0.1, 0.15) is 18.1 Å². The summed E-state index contributed by atoms with van der Waals surface area (Å²) in [6.45, 7) is 4.37. The normalized spacial score (nSPS) is 11.1. The van der Waals surface area contributed by atoms with E-state index in [1.807, 2.05) is 12.3 Å². The Hall–Kier alpha value is -1.40. The molecule has 0 aliphatic carbocycles. The molecule has 2 aromatic rings. The van der Waals surface area contributed by atoms with Crippen molar-refractivity contribution in [3.63, 3.8) is 0 Å². The van der Waals surface area contributed by atoms with Crippen molar-refractivity contribution in [1.82, 2.24) is 4.98 Å². The molecule has 0 amide bonds. The minimum atomic E-state index is 0.907. The maximum absolute atomic E-state index is 5.28. The third-order valence-corrected chi connectivity index (χ3v) is 3.94. The van der Waals surface area contributed by atoms with Gasteiger partial charge >= 0.3 is 0 Å². The van der Waals surface area contributed by atoms with Gasteiger partial charge in [0.15, 0.2) is 0 Å². The number of hydrogen-bond donors (Lipinski definition) is 0. The molecule has 100 valence electrons. The Bertz CT molecular complexity index is 537. The van der Waals surface area contributed by atoms with E-state index in [0.717, 1.165) is 32.6 Å². The lowest BCUT2D eigenvalue weighted by atomic mass is 10.0. The fourth-order valence-corrected chi connectivity index (χ4v) is 2.75. The number of hydrogen-bond acceptors (Lipinski definition) is 2. The van der Waals surface area contributed by atoms with Crippen LogP contribution in [0.25, 0.3) is 11.3 Å². The van der Waals surface area contributed by atoms with E-state index in [9.17, 15) is 0 Å². The zero-order valence-corrected chi connectivity index (χ0v) is 12.7. The molecule has 0 spiro atoms. The van der Waals surface area contributed by atoms with Crippen LogP contribution in [0, 0.1) is 0 Å². The van der Waals surface area contributed by atoms with Crippen molar-refractivity contribution in [3.05, 3.63) is 47.7 Å². The molecule has 2 rings (SSSR count). The Morgan fingerprint density at radius 1 is 1.21 bits per heavy atom. The van der Waals surface area contributed by atoms with Gasteiger partial charge in [-0.25, -0.2) is 0 Å². The lowest BCUT2D eigenvalue weighted by Crippen LogP contribution is -1.93. The van der Waals surface area contributed by atoms with Crippen molar-refractivity contribution in [2.24, 2.45) is 0 Å². The fourth-order valence-electron chi connectivity index (χ4n) is 2.13. The Morgan fingerprint density at radius 3 is 2.63 bits per heavy atom. The standard InChI is InChI=1S/C16H20NOP/c1-4-13-9-14(18-2)6-7-15(13)16-8-5-12(10-17-16)11-19-3/h5-10,19H,4,11H2,1-3H3. The number of ether oxygens (including phenoxy) is 1. The van der Waals surface area contributed by atoms with Gasteiger partial charge in [0.1, 0.15) is 5.75 Å². The van der Waals surface area contributed by atoms with Crippen LogP contribution in [0.5, 0.6) is 5.75 Å². The van der Waals surface area contributed by atoms with Crippen LogP contribution in [0.4, 0.5) is 0 Å². The molecule has 19 heavy (non-hydrogen) atoms. The highest BCUT2D eigenvalue weighted by Crippen LogP contribution is 2.27. The van der Waals surface area contributed by atoms with E-state index in [1.54, 1.807) is 7.11 Å². The molecule has 1 atom stereocenters. The molecule has 1 heterocycles. The predicted molar refractivity (Wildman–Crippen MR) is 83.5 cm³/mol. The van der Waals surface area contributed by atoms with Gasteiger partial charge in [-0.05, 0) is 54.6 Å². The maximum Gasteiger partial charge on any atom is 0.119 e. The van der Waals surface area contributed by atoms with Crippen molar-refractivity contribution in [3.8, 4) is 17.0 Å². The number of pyridine rings is 1. The summed E-state index contributed by atoms with van der Waals surface area (Å²) in [5.74, 6) is 0.907. The molecular formula is C16H20NOP. The number of methoxy groups -OCH3 is 1. The molecule has 1 unspecified atom stereocenters. The molecule has 0 radical (unpaired) electrons. The van der Waals surface area contributed by atoms with Crippen molar-refractivity contribution >= 4 is 8.58 Å². The summed E-state index contributed by atoms with van der Waals surface area (Å²) in [7, 11) is 2.64. The monoisotopic (exact) mass is 273 g/mol. The minimum absolute atomic E-state index is 0.907. The summed E-state index contributed by atoms with van der Waals surface area (Å²) < 4.78 is 5.28. The maximum atomic E-state index is 5.28. The van der Waals surface area contributed by atoms with Gasteiger partial charge in [-0.1, -0.05) is 13.0 Å². The Balaban J connectivity index is 2.35. The fraction of sp³-hybridized carbons (Fsp3) is 0.312. The third kappa shape index (κ3) is 3.33. The third-order valence-electron chi connectivity index (χ3n) is 3.17. The van der Waals surface area contributed by atoms with Gasteiger partial charge in [-0.15, -0.1) is 8.58 Å². The molecule has 0 bridgehead atoms. The summed E-state index contributed by atoms with van der Waals surface area (Å²) in [4.78, 5) is 4.60. The highest BCUT2D eigenvalue weighted by atomic mass is 31.1. The van der Waals surface area contributed by atoms with Gasteiger partial charge < -0.3 is 4.74 Å². The molecule has 1 aromatic carbocycles. The number of benzene rings is 1. The molecule has 2 nitrogen and oxygen atoms in total. The first-order valence-corrected chi connectivity index (χ1v) is 8.26. The number of nitrogens with zero attached hydrogens (tertiary/aromatic N) is 1. The Kier molecular flexibility index (Phi) is 4.93. The topological polar surface area (TPSA) is 22.1 Å². The molecule has 0 N–H and O–H groups in total. The first-order chi connectivity index (χ1) is 9.28. The zero-order valence-electron chi connectivity index (χ0n) is 11.7. The summed E-state index contributed by atoms with van der Waals surface area (Å²) in [5.41, 5.74) is 4.84. The Labute approximate surface area is 117 Å². The summed E-state index contributed by atoms with van der Waals surface area (Å²) in [6, 6.07) is 10.5. The van der Waals surface area contributed by atoms with Gasteiger partial charge in [0.05, 0.1) is 12.8 Å². The van der Waals surface area contributed by atoms with Gasteiger partial charge in [0.25, 0.3) is 0 Å². The average Bonchev–Trinajstić information content (AvgIpc) is 2.48. The van der Waals surface area contributed by atoms with Crippen LogP contribution in [-0.4, -0.2) is 18.8 Å². The van der Waals surface area contributed by atoms with E-state index in [0.29, 0.717) is 0 Å². The SMILES string of the molecule is CCc1cc(OC)ccc1-c1ccc(CPC)cn1. The molecule has 1 aromatic heterocycles. The second kappa shape index (κ2) is 6.68. The molecular weight excluding hydrogens is 253 g/mol. The summed E-state index contributed by atoms with van der Waals surface area (Å²) in [6.07, 6.45) is 4.10. The first kappa shape index (κ1) is 14.0. The predicted octanol–water partition coefficient (Wildman–Crippen LogP) is 4.13. The van der Waals surface area contributed by atoms with Crippen LogP contribution in [0.2, 0.25) is 0 Å². The van der Waals surface area contributed by atoms with Crippen molar-refractivity contribution < 1.29 is 4.74 Å². The van der Waals surface area contributed by atoms with Crippen molar-refractivity contribution in [2.75, 3.05) is 13.8 Å². The number of aromatic nitrogens is 1. The highest BCUT2D eigenvalue weighted by molar-refractivity contribution is 7.36. The van der Waals surface area contributed by atoms with E-state index in [-0.39, 0.29) is 0 Å². The largest absolute Gasteiger partial charge is 0.497 e. The van der Waals surface area contributed by atoms with E-state index >= 15 is 0 Å². The van der Waals surface area contributed by atoms with Gasteiger partial charge in [0.2, 0.25) is 0 Å². The van der Waals surface area contributed by atoms with Gasteiger partial charge in [0, 0.05) is 11.8 Å². The first-order valence-electron chi connectivity index (χ1n) is 6.55. The summed E-state index contributed by atoms with van der Waals surface area (Å²) in [5, 5.41) is 0. The van der Waals surface area contributed by atoms with Crippen LogP contribution in [-0.2, 0) is 12.6 Å². The van der Waals surface area contributed by atoms with E-state index < -0.39 is 0 Å². The molecule has 0 aliphatic rings. The van der Waals surface area contributed by atoms with E-state index in [4.69, 9.17) is 4.74 Å². The van der Waals surface area contributed by atoms with Crippen LogP contribution >= 0.6 is 8.58 Å². The van der Waals surface area contributed by atoms with Crippen LogP contribution in [0.15, 0.2) is 36.5 Å². The number of aryl methyl sites for hydroxylation is 1. The molecule has 0 saturated heterocycles. The van der Waals surface area contributed by atoms with Crippen LogP contribution in [0.3, 0.4) is 0 Å². The van der Waals surface area contributed by atoms with Crippen molar-refractivity contribution in [2.45, 2.75) is 19.5 Å². The molecule has 0 aliphatic heterocycles. The zero-order chi connectivity index (χ0) is 13.7. The number of rotatable bonds is 5. The molecule has 3 heteroatoms. The summed E-state index contributed by atoms with van der Waals surface area (Å²) >= 11 is 0. The van der Waals surface area contributed by atoms with E-state index in [1.165, 1.54) is 16.7 Å². The van der Waals surface area contributed by atoms with Gasteiger partial charge in [-0.3, -0.25) is 4.98 Å². The van der Waals surface area contributed by atoms with Gasteiger partial charge in [-0.2, -0.15) is 0 Å². The average molecular weight is 273 g/mol. The highest BCUT2D eigenvalue weighted by Gasteiger charge is 2.06. The van der Waals surface area contributed by atoms with E-state index in [2.05, 4.69) is 42.8 Å². The Morgan fingerprint density at radius 2 is 2.05 bits per heavy atom. The van der Waals surface area contributed by atoms with Crippen LogP contribution < -0.4 is 4.74 Å². The quantitative estimate of drug-likeness (QED) is 0.764. The smallest absolute Gasteiger partial charge is 0.119 e. The van der Waals surface area contributed by atoms with Crippen molar-refractivity contribution in [1.29, 1.82) is 0 Å². The lowest BCUT2D eigenvalue weighted by Gasteiger charge is -2.10. The minimum Gasteiger partial charge on any atom is -0.497 e.